The van der Waals surface area contributed by atoms with E-state index in [2.05, 4.69) is 0 Å². The molecule has 0 aliphatic rings. The Balaban J connectivity index is 2.44. The summed E-state index contributed by atoms with van der Waals surface area (Å²) in [4.78, 5) is 0. The maximum absolute atomic E-state index is 11.6. The number of hydrogen-bond donors (Lipinski definition) is 1. The summed E-state index contributed by atoms with van der Waals surface area (Å²) in [5.41, 5.74) is 5.20. The van der Waals surface area contributed by atoms with E-state index in [4.69, 9.17) is 10.5 Å². The lowest BCUT2D eigenvalue weighted by atomic mass is 10.7. The average Bonchev–Trinajstić information content (AvgIpc) is 2.65. The summed E-state index contributed by atoms with van der Waals surface area (Å²) in [7, 11) is -3.14. The monoisotopic (exact) mass is 235 g/mol. The number of rotatable bonds is 6. The highest BCUT2D eigenvalue weighted by molar-refractivity contribution is 7.93. The van der Waals surface area contributed by atoms with E-state index in [0.29, 0.717) is 17.4 Å². The number of hydrogen-bond acceptors (Lipinski definition) is 5. The molecule has 1 rings (SSSR count). The maximum atomic E-state index is 11.6. The summed E-state index contributed by atoms with van der Waals surface area (Å²) in [6, 6.07) is 3.32. The van der Waals surface area contributed by atoms with E-state index in [1.165, 1.54) is 11.3 Å². The Bertz CT molecular complexity index is 345. The molecular formula is C8H13NO3S2. The van der Waals surface area contributed by atoms with Gasteiger partial charge in [-0.15, -0.1) is 11.3 Å². The molecule has 0 atom stereocenters. The molecule has 0 amide bonds. The van der Waals surface area contributed by atoms with Gasteiger partial charge in [0.05, 0.1) is 19.0 Å². The first-order chi connectivity index (χ1) is 6.67. The van der Waals surface area contributed by atoms with Gasteiger partial charge in [0.15, 0.2) is 9.84 Å². The van der Waals surface area contributed by atoms with Gasteiger partial charge in [-0.2, -0.15) is 0 Å². The number of thiophene rings is 1. The molecular weight excluding hydrogens is 222 g/mol. The summed E-state index contributed by atoms with van der Waals surface area (Å²) >= 11 is 1.23. The van der Waals surface area contributed by atoms with E-state index in [1.807, 2.05) is 0 Å². The van der Waals surface area contributed by atoms with E-state index in [0.717, 1.165) is 0 Å². The standard InChI is InChI=1S/C8H13NO3S2/c9-3-4-12-5-7-14(10,11)8-2-1-6-13-8/h1-2,6H,3-5,7,9H2. The van der Waals surface area contributed by atoms with Crippen LogP contribution in [-0.2, 0) is 14.6 Å². The molecule has 14 heavy (non-hydrogen) atoms. The fourth-order valence-electron chi connectivity index (χ4n) is 0.895. The average molecular weight is 235 g/mol. The van der Waals surface area contributed by atoms with Crippen LogP contribution in [0.3, 0.4) is 0 Å². The zero-order valence-electron chi connectivity index (χ0n) is 7.68. The van der Waals surface area contributed by atoms with Crippen LogP contribution in [0.5, 0.6) is 0 Å². The van der Waals surface area contributed by atoms with Gasteiger partial charge in [0, 0.05) is 6.54 Å². The molecule has 1 aromatic heterocycles. The molecule has 0 spiro atoms. The van der Waals surface area contributed by atoms with Gasteiger partial charge in [0.25, 0.3) is 0 Å². The van der Waals surface area contributed by atoms with Gasteiger partial charge < -0.3 is 10.5 Å². The zero-order valence-corrected chi connectivity index (χ0v) is 9.31. The molecule has 0 radical (unpaired) electrons. The minimum atomic E-state index is -3.14. The van der Waals surface area contributed by atoms with Gasteiger partial charge in [0.1, 0.15) is 4.21 Å². The van der Waals surface area contributed by atoms with Crippen LogP contribution in [0.1, 0.15) is 0 Å². The SMILES string of the molecule is NCCOCCS(=O)(=O)c1cccs1. The minimum absolute atomic E-state index is 0.0213. The fraction of sp³-hybridized carbons (Fsp3) is 0.500. The van der Waals surface area contributed by atoms with Crippen LogP contribution in [0.15, 0.2) is 21.7 Å². The summed E-state index contributed by atoms with van der Waals surface area (Å²) in [6.07, 6.45) is 0. The molecule has 0 bridgehead atoms. The first-order valence-electron chi connectivity index (χ1n) is 4.21. The van der Waals surface area contributed by atoms with Gasteiger partial charge in [-0.3, -0.25) is 0 Å². The van der Waals surface area contributed by atoms with Crippen LogP contribution in [0.25, 0.3) is 0 Å². The van der Waals surface area contributed by atoms with Gasteiger partial charge in [0.2, 0.25) is 0 Å². The zero-order chi connectivity index (χ0) is 10.4. The van der Waals surface area contributed by atoms with Crippen molar-refractivity contribution >= 4 is 21.2 Å². The second kappa shape index (κ2) is 5.45. The Morgan fingerprint density at radius 2 is 2.21 bits per heavy atom. The molecule has 2 N–H and O–H groups in total. The van der Waals surface area contributed by atoms with Gasteiger partial charge in [-0.25, -0.2) is 8.42 Å². The van der Waals surface area contributed by atoms with Crippen LogP contribution in [-0.4, -0.2) is 33.9 Å². The summed E-state index contributed by atoms with van der Waals surface area (Å²) < 4.78 is 28.5. The minimum Gasteiger partial charge on any atom is -0.379 e. The van der Waals surface area contributed by atoms with Crippen LogP contribution in [0, 0.1) is 0 Å². The highest BCUT2D eigenvalue weighted by atomic mass is 32.2. The van der Waals surface area contributed by atoms with Crippen molar-refractivity contribution in [1.29, 1.82) is 0 Å². The Kier molecular flexibility index (Phi) is 4.53. The molecule has 0 saturated carbocycles. The van der Waals surface area contributed by atoms with Crippen molar-refractivity contribution in [3.8, 4) is 0 Å². The van der Waals surface area contributed by atoms with Crippen molar-refractivity contribution in [1.82, 2.24) is 0 Å². The Hall–Kier alpha value is -0.430. The molecule has 80 valence electrons. The molecule has 0 saturated heterocycles. The number of nitrogens with two attached hydrogens (primary N) is 1. The third-order valence-electron chi connectivity index (χ3n) is 1.56. The second-order valence-electron chi connectivity index (χ2n) is 2.65. The first kappa shape index (κ1) is 11.6. The maximum Gasteiger partial charge on any atom is 0.189 e. The number of sulfone groups is 1. The predicted molar refractivity (Wildman–Crippen MR) is 56.2 cm³/mol. The van der Waals surface area contributed by atoms with Gasteiger partial charge in [-0.1, -0.05) is 6.07 Å². The largest absolute Gasteiger partial charge is 0.379 e. The fourth-order valence-corrected chi connectivity index (χ4v) is 3.17. The van der Waals surface area contributed by atoms with Crippen molar-refractivity contribution in [2.75, 3.05) is 25.5 Å². The van der Waals surface area contributed by atoms with Crippen LogP contribution < -0.4 is 5.73 Å². The Morgan fingerprint density at radius 1 is 1.43 bits per heavy atom. The molecule has 4 nitrogen and oxygen atoms in total. The van der Waals surface area contributed by atoms with Gasteiger partial charge in [-0.05, 0) is 11.4 Å². The van der Waals surface area contributed by atoms with Crippen LogP contribution >= 0.6 is 11.3 Å². The Morgan fingerprint density at radius 3 is 2.79 bits per heavy atom. The topological polar surface area (TPSA) is 69.4 Å². The highest BCUT2D eigenvalue weighted by Crippen LogP contribution is 2.16. The Labute approximate surface area is 87.6 Å². The van der Waals surface area contributed by atoms with Crippen molar-refractivity contribution in [3.63, 3.8) is 0 Å². The molecule has 0 fully saturated rings. The molecule has 0 aliphatic carbocycles. The lowest BCUT2D eigenvalue weighted by molar-refractivity contribution is 0.157. The highest BCUT2D eigenvalue weighted by Gasteiger charge is 2.14. The van der Waals surface area contributed by atoms with Crippen molar-refractivity contribution in [2.45, 2.75) is 4.21 Å². The van der Waals surface area contributed by atoms with Crippen molar-refractivity contribution in [2.24, 2.45) is 5.73 Å². The third-order valence-corrected chi connectivity index (χ3v) is 4.73. The molecule has 0 aliphatic heterocycles. The van der Waals surface area contributed by atoms with Crippen molar-refractivity contribution in [3.05, 3.63) is 17.5 Å². The summed E-state index contributed by atoms with van der Waals surface area (Å²) in [5, 5.41) is 1.74. The van der Waals surface area contributed by atoms with E-state index in [9.17, 15) is 8.42 Å². The smallest absolute Gasteiger partial charge is 0.189 e. The van der Waals surface area contributed by atoms with E-state index in [-0.39, 0.29) is 12.4 Å². The quantitative estimate of drug-likeness (QED) is 0.729. The second-order valence-corrected chi connectivity index (χ2v) is 5.94. The lowest BCUT2D eigenvalue weighted by Crippen LogP contribution is -2.15. The normalized spacial score (nSPS) is 11.8. The van der Waals surface area contributed by atoms with Crippen LogP contribution in [0.4, 0.5) is 0 Å². The van der Waals surface area contributed by atoms with Crippen molar-refractivity contribution < 1.29 is 13.2 Å². The molecule has 1 aromatic rings. The molecule has 0 unspecified atom stereocenters. The van der Waals surface area contributed by atoms with E-state index >= 15 is 0 Å². The molecule has 1 heterocycles. The summed E-state index contributed by atoms with van der Waals surface area (Å²) in [6.45, 7) is 1.02. The predicted octanol–water partition coefficient (Wildman–Crippen LogP) is 0.497. The third kappa shape index (κ3) is 3.38. The van der Waals surface area contributed by atoms with E-state index < -0.39 is 9.84 Å². The molecule has 6 heteroatoms. The molecule has 0 aromatic carbocycles. The first-order valence-corrected chi connectivity index (χ1v) is 6.74. The number of ether oxygens (including phenoxy) is 1. The lowest BCUT2D eigenvalue weighted by Gasteiger charge is -2.02. The van der Waals surface area contributed by atoms with Crippen LogP contribution in [0.2, 0.25) is 0 Å². The summed E-state index contributed by atoms with van der Waals surface area (Å²) in [5.74, 6) is 0.0213. The van der Waals surface area contributed by atoms with E-state index in [1.54, 1.807) is 17.5 Å². The van der Waals surface area contributed by atoms with Gasteiger partial charge >= 0.3 is 0 Å².